The fourth-order valence-electron chi connectivity index (χ4n) is 2.84. The first-order chi connectivity index (χ1) is 12.1. The van der Waals surface area contributed by atoms with Gasteiger partial charge in [0, 0.05) is 12.5 Å². The SMILES string of the molecule is C[C@@H]1CC(=O)Nc2ccccc2N1C(=O)COc1cccc(C#N)c1. The molecule has 2 amide bonds. The summed E-state index contributed by atoms with van der Waals surface area (Å²) >= 11 is 0. The minimum atomic E-state index is -0.287. The molecule has 1 atom stereocenters. The molecule has 0 bridgehead atoms. The molecule has 1 N–H and O–H groups in total. The second-order valence-corrected chi connectivity index (χ2v) is 5.81. The Kier molecular flexibility index (Phi) is 4.66. The lowest BCUT2D eigenvalue weighted by molar-refractivity contribution is -0.121. The highest BCUT2D eigenvalue weighted by Crippen LogP contribution is 2.31. The molecule has 0 radical (unpaired) electrons. The van der Waals surface area contributed by atoms with Gasteiger partial charge in [0.1, 0.15) is 5.75 Å². The van der Waals surface area contributed by atoms with Crippen LogP contribution >= 0.6 is 0 Å². The monoisotopic (exact) mass is 335 g/mol. The van der Waals surface area contributed by atoms with Crippen molar-refractivity contribution in [3.05, 3.63) is 54.1 Å². The zero-order chi connectivity index (χ0) is 17.8. The molecule has 1 heterocycles. The van der Waals surface area contributed by atoms with Crippen LogP contribution in [0.1, 0.15) is 18.9 Å². The summed E-state index contributed by atoms with van der Waals surface area (Å²) in [6.45, 7) is 1.65. The topological polar surface area (TPSA) is 82.4 Å². The van der Waals surface area contributed by atoms with E-state index in [1.165, 1.54) is 0 Å². The number of hydrogen-bond donors (Lipinski definition) is 1. The number of nitriles is 1. The number of benzene rings is 2. The summed E-state index contributed by atoms with van der Waals surface area (Å²) in [4.78, 5) is 26.3. The Bertz CT molecular complexity index is 857. The number of anilines is 2. The first kappa shape index (κ1) is 16.5. The summed E-state index contributed by atoms with van der Waals surface area (Å²) in [6, 6.07) is 15.6. The van der Waals surface area contributed by atoms with Crippen molar-refractivity contribution in [1.82, 2.24) is 0 Å². The van der Waals surface area contributed by atoms with Crippen molar-refractivity contribution >= 4 is 23.2 Å². The lowest BCUT2D eigenvalue weighted by Gasteiger charge is -2.27. The van der Waals surface area contributed by atoms with E-state index in [1.54, 1.807) is 41.3 Å². The van der Waals surface area contributed by atoms with Gasteiger partial charge in [0.25, 0.3) is 5.91 Å². The second kappa shape index (κ2) is 7.05. The van der Waals surface area contributed by atoms with Gasteiger partial charge >= 0.3 is 0 Å². The van der Waals surface area contributed by atoms with Crippen LogP contribution in [-0.2, 0) is 9.59 Å². The maximum atomic E-state index is 12.8. The quantitative estimate of drug-likeness (QED) is 0.935. The van der Waals surface area contributed by atoms with Gasteiger partial charge in [-0.05, 0) is 37.3 Å². The van der Waals surface area contributed by atoms with E-state index in [0.717, 1.165) is 0 Å². The van der Waals surface area contributed by atoms with Crippen molar-refractivity contribution in [3.63, 3.8) is 0 Å². The first-order valence-electron chi connectivity index (χ1n) is 7.92. The molecule has 0 fully saturated rings. The number of amides is 2. The number of carbonyl (C=O) groups is 2. The Morgan fingerprint density at radius 1 is 1.32 bits per heavy atom. The van der Waals surface area contributed by atoms with Gasteiger partial charge < -0.3 is 15.0 Å². The number of carbonyl (C=O) groups excluding carboxylic acids is 2. The third-order valence-corrected chi connectivity index (χ3v) is 3.95. The Labute approximate surface area is 145 Å². The van der Waals surface area contributed by atoms with E-state index in [-0.39, 0.29) is 30.9 Å². The summed E-state index contributed by atoms with van der Waals surface area (Å²) in [5.41, 5.74) is 1.73. The Morgan fingerprint density at radius 3 is 2.92 bits per heavy atom. The van der Waals surface area contributed by atoms with Crippen LogP contribution < -0.4 is 15.0 Å². The standard InChI is InChI=1S/C19H17N3O3/c1-13-9-18(23)21-16-7-2-3-8-17(16)22(13)19(24)12-25-15-6-4-5-14(10-15)11-20/h2-8,10,13H,9,12H2,1H3,(H,21,23)/t13-/m1/s1. The fourth-order valence-corrected chi connectivity index (χ4v) is 2.84. The molecule has 0 aliphatic carbocycles. The minimum absolute atomic E-state index is 0.127. The van der Waals surface area contributed by atoms with Crippen molar-refractivity contribution in [2.75, 3.05) is 16.8 Å². The van der Waals surface area contributed by atoms with E-state index in [4.69, 9.17) is 10.00 Å². The van der Waals surface area contributed by atoms with Gasteiger partial charge in [-0.1, -0.05) is 18.2 Å². The van der Waals surface area contributed by atoms with Gasteiger partial charge in [-0.25, -0.2) is 0 Å². The third-order valence-electron chi connectivity index (χ3n) is 3.95. The average molecular weight is 335 g/mol. The van der Waals surface area contributed by atoms with Crippen LogP contribution in [0, 0.1) is 11.3 Å². The number of hydrogen-bond acceptors (Lipinski definition) is 4. The molecule has 2 aromatic rings. The largest absolute Gasteiger partial charge is 0.484 e. The smallest absolute Gasteiger partial charge is 0.265 e. The van der Waals surface area contributed by atoms with Crippen LogP contribution in [0.4, 0.5) is 11.4 Å². The maximum Gasteiger partial charge on any atom is 0.265 e. The fraction of sp³-hybridized carbons (Fsp3) is 0.211. The summed E-state index contributed by atoms with van der Waals surface area (Å²) in [6.07, 6.45) is 0.213. The summed E-state index contributed by atoms with van der Waals surface area (Å²) in [5.74, 6) is 0.0778. The first-order valence-corrected chi connectivity index (χ1v) is 7.92. The van der Waals surface area contributed by atoms with Crippen molar-refractivity contribution in [3.8, 4) is 11.8 Å². The van der Waals surface area contributed by atoms with Crippen molar-refractivity contribution in [2.24, 2.45) is 0 Å². The lowest BCUT2D eigenvalue weighted by atomic mass is 10.1. The number of nitrogens with zero attached hydrogens (tertiary/aromatic N) is 2. The molecular weight excluding hydrogens is 318 g/mol. The van der Waals surface area contributed by atoms with Crippen LogP contribution in [-0.4, -0.2) is 24.5 Å². The van der Waals surface area contributed by atoms with Crippen molar-refractivity contribution < 1.29 is 14.3 Å². The minimum Gasteiger partial charge on any atom is -0.484 e. The van der Waals surface area contributed by atoms with Gasteiger partial charge in [-0.2, -0.15) is 5.26 Å². The zero-order valence-corrected chi connectivity index (χ0v) is 13.7. The van der Waals surface area contributed by atoms with E-state index >= 15 is 0 Å². The van der Waals surface area contributed by atoms with Gasteiger partial charge in [0.2, 0.25) is 5.91 Å². The number of rotatable bonds is 3. The molecule has 25 heavy (non-hydrogen) atoms. The van der Waals surface area contributed by atoms with Gasteiger partial charge in [-0.15, -0.1) is 0 Å². The summed E-state index contributed by atoms with van der Waals surface area (Å²) in [7, 11) is 0. The van der Waals surface area contributed by atoms with E-state index in [0.29, 0.717) is 22.7 Å². The third kappa shape index (κ3) is 3.61. The lowest BCUT2D eigenvalue weighted by Crippen LogP contribution is -2.41. The Balaban J connectivity index is 1.80. The Morgan fingerprint density at radius 2 is 2.12 bits per heavy atom. The average Bonchev–Trinajstić information content (AvgIpc) is 2.74. The van der Waals surface area contributed by atoms with Crippen LogP contribution in [0.25, 0.3) is 0 Å². The predicted octanol–water partition coefficient (Wildman–Crippen LogP) is 2.70. The number of fused-ring (bicyclic) bond motifs is 1. The second-order valence-electron chi connectivity index (χ2n) is 5.81. The van der Waals surface area contributed by atoms with Gasteiger partial charge in [0.05, 0.1) is 23.0 Å². The molecule has 0 unspecified atom stereocenters. The molecule has 1 aliphatic rings. The molecule has 6 heteroatoms. The molecule has 3 rings (SSSR count). The number of nitrogens with one attached hydrogen (secondary N) is 1. The zero-order valence-electron chi connectivity index (χ0n) is 13.7. The number of para-hydroxylation sites is 2. The number of ether oxygens (including phenoxy) is 1. The summed E-state index contributed by atoms with van der Waals surface area (Å²) in [5, 5.41) is 11.7. The van der Waals surface area contributed by atoms with Gasteiger partial charge in [-0.3, -0.25) is 9.59 Å². The molecule has 1 aliphatic heterocycles. The van der Waals surface area contributed by atoms with E-state index < -0.39 is 0 Å². The normalized spacial score (nSPS) is 16.2. The molecule has 6 nitrogen and oxygen atoms in total. The van der Waals surface area contributed by atoms with E-state index in [9.17, 15) is 9.59 Å². The molecular formula is C19H17N3O3. The van der Waals surface area contributed by atoms with Gasteiger partial charge in [0.15, 0.2) is 6.61 Å². The molecule has 0 saturated heterocycles. The van der Waals surface area contributed by atoms with Crippen LogP contribution in [0.15, 0.2) is 48.5 Å². The Hall–Kier alpha value is -3.33. The molecule has 0 spiro atoms. The molecule has 0 aromatic heterocycles. The van der Waals surface area contributed by atoms with Crippen molar-refractivity contribution in [2.45, 2.75) is 19.4 Å². The summed E-state index contributed by atoms with van der Waals surface area (Å²) < 4.78 is 5.55. The molecule has 126 valence electrons. The van der Waals surface area contributed by atoms with Crippen molar-refractivity contribution in [1.29, 1.82) is 5.26 Å². The molecule has 2 aromatic carbocycles. The van der Waals surface area contributed by atoms with E-state index in [1.807, 2.05) is 25.1 Å². The molecule has 0 saturated carbocycles. The van der Waals surface area contributed by atoms with E-state index in [2.05, 4.69) is 5.32 Å². The van der Waals surface area contributed by atoms with Crippen LogP contribution in [0.5, 0.6) is 5.75 Å². The highest BCUT2D eigenvalue weighted by atomic mass is 16.5. The highest BCUT2D eigenvalue weighted by Gasteiger charge is 2.29. The predicted molar refractivity (Wildman–Crippen MR) is 93.3 cm³/mol. The van der Waals surface area contributed by atoms with Crippen LogP contribution in [0.3, 0.4) is 0 Å². The maximum absolute atomic E-state index is 12.8. The van der Waals surface area contributed by atoms with Crippen LogP contribution in [0.2, 0.25) is 0 Å². The highest BCUT2D eigenvalue weighted by molar-refractivity contribution is 6.04.